The van der Waals surface area contributed by atoms with Crippen LogP contribution in [-0.4, -0.2) is 24.2 Å². The number of halogens is 1. The van der Waals surface area contributed by atoms with Crippen molar-refractivity contribution in [1.29, 1.82) is 0 Å². The van der Waals surface area contributed by atoms with E-state index in [1.165, 1.54) is 6.42 Å². The zero-order valence-electron chi connectivity index (χ0n) is 13.2. The number of aliphatic imine (C=N–C) groups is 1. The van der Waals surface area contributed by atoms with Crippen molar-refractivity contribution in [1.82, 2.24) is 10.6 Å². The van der Waals surface area contributed by atoms with E-state index >= 15 is 0 Å². The molecule has 3 N–H and O–H groups in total. The molecule has 0 spiro atoms. The summed E-state index contributed by atoms with van der Waals surface area (Å²) >= 11 is 0. The predicted octanol–water partition coefficient (Wildman–Crippen LogP) is 3.50. The van der Waals surface area contributed by atoms with Crippen molar-refractivity contribution < 1.29 is 5.11 Å². The van der Waals surface area contributed by atoms with Crippen molar-refractivity contribution in [2.24, 2.45) is 10.9 Å². The standard InChI is InChI=1S/C16H27N3O.HI/c1-4-17-16(18-10-6-7-13(2)3)19-12-14-8-5-9-15(20)11-14;/h5,8-9,11,13,20H,4,6-7,10,12H2,1-3H3,(H2,17,18,19);1H. The van der Waals surface area contributed by atoms with E-state index in [1.54, 1.807) is 12.1 Å². The van der Waals surface area contributed by atoms with Crippen LogP contribution >= 0.6 is 24.0 Å². The molecule has 1 aromatic rings. The molecule has 0 saturated carbocycles. The summed E-state index contributed by atoms with van der Waals surface area (Å²) in [5.74, 6) is 1.86. The highest BCUT2D eigenvalue weighted by molar-refractivity contribution is 14.0. The average Bonchev–Trinajstić information content (AvgIpc) is 2.40. The van der Waals surface area contributed by atoms with Crippen molar-refractivity contribution in [2.45, 2.75) is 40.2 Å². The Balaban J connectivity index is 0.00000400. The summed E-state index contributed by atoms with van der Waals surface area (Å²) in [6.07, 6.45) is 2.37. The van der Waals surface area contributed by atoms with Gasteiger partial charge in [0, 0.05) is 13.1 Å². The topological polar surface area (TPSA) is 56.7 Å². The number of phenolic OH excluding ortho intramolecular Hbond substituents is 1. The monoisotopic (exact) mass is 405 g/mol. The number of hydrogen-bond donors (Lipinski definition) is 3. The summed E-state index contributed by atoms with van der Waals surface area (Å²) in [6.45, 7) is 8.87. The zero-order chi connectivity index (χ0) is 14.8. The van der Waals surface area contributed by atoms with Crippen LogP contribution in [0.4, 0.5) is 0 Å². The second-order valence-corrected chi connectivity index (χ2v) is 5.33. The van der Waals surface area contributed by atoms with Crippen molar-refractivity contribution in [3.05, 3.63) is 29.8 Å². The molecule has 0 radical (unpaired) electrons. The van der Waals surface area contributed by atoms with E-state index in [0.29, 0.717) is 6.54 Å². The fourth-order valence-electron chi connectivity index (χ4n) is 1.88. The normalized spacial score (nSPS) is 11.1. The third kappa shape index (κ3) is 9.55. The van der Waals surface area contributed by atoms with Crippen LogP contribution in [0.2, 0.25) is 0 Å². The summed E-state index contributed by atoms with van der Waals surface area (Å²) in [5, 5.41) is 16.0. The van der Waals surface area contributed by atoms with E-state index in [2.05, 4.69) is 36.4 Å². The minimum absolute atomic E-state index is 0. The molecule has 0 atom stereocenters. The lowest BCUT2D eigenvalue weighted by molar-refractivity contribution is 0.474. The molecule has 5 heteroatoms. The maximum atomic E-state index is 9.43. The summed E-state index contributed by atoms with van der Waals surface area (Å²) in [7, 11) is 0. The predicted molar refractivity (Wildman–Crippen MR) is 100 cm³/mol. The Morgan fingerprint density at radius 3 is 2.67 bits per heavy atom. The Labute approximate surface area is 145 Å². The van der Waals surface area contributed by atoms with Gasteiger partial charge in [0.1, 0.15) is 5.75 Å². The quantitative estimate of drug-likeness (QED) is 0.282. The van der Waals surface area contributed by atoms with Crippen LogP contribution < -0.4 is 10.6 Å². The van der Waals surface area contributed by atoms with Crippen LogP contribution in [-0.2, 0) is 6.54 Å². The molecule has 0 aliphatic carbocycles. The first-order valence-corrected chi connectivity index (χ1v) is 7.42. The lowest BCUT2D eigenvalue weighted by Crippen LogP contribution is -2.37. The molecule has 0 bridgehead atoms. The first-order valence-electron chi connectivity index (χ1n) is 7.42. The smallest absolute Gasteiger partial charge is 0.191 e. The molecule has 0 fully saturated rings. The average molecular weight is 405 g/mol. The van der Waals surface area contributed by atoms with E-state index in [-0.39, 0.29) is 29.7 Å². The molecule has 0 aliphatic rings. The van der Waals surface area contributed by atoms with Gasteiger partial charge in [0.05, 0.1) is 6.54 Å². The van der Waals surface area contributed by atoms with Crippen LogP contribution in [0.15, 0.2) is 29.3 Å². The molecule has 0 unspecified atom stereocenters. The highest BCUT2D eigenvalue weighted by Crippen LogP contribution is 2.11. The molecule has 4 nitrogen and oxygen atoms in total. The Kier molecular flexibility index (Phi) is 11.1. The molecule has 1 rings (SSSR count). The minimum atomic E-state index is 0. The fraction of sp³-hybridized carbons (Fsp3) is 0.562. The fourth-order valence-corrected chi connectivity index (χ4v) is 1.88. The van der Waals surface area contributed by atoms with E-state index in [9.17, 15) is 5.11 Å². The molecule has 21 heavy (non-hydrogen) atoms. The second-order valence-electron chi connectivity index (χ2n) is 5.33. The largest absolute Gasteiger partial charge is 0.508 e. The van der Waals surface area contributed by atoms with Gasteiger partial charge in [-0.05, 0) is 43.4 Å². The molecule has 0 heterocycles. The summed E-state index contributed by atoms with van der Waals surface area (Å²) in [4.78, 5) is 4.52. The van der Waals surface area contributed by atoms with E-state index in [1.807, 2.05) is 12.1 Å². The number of guanidine groups is 1. The third-order valence-electron chi connectivity index (χ3n) is 2.93. The summed E-state index contributed by atoms with van der Waals surface area (Å²) in [6, 6.07) is 7.21. The Morgan fingerprint density at radius 2 is 2.05 bits per heavy atom. The van der Waals surface area contributed by atoms with Crippen molar-refractivity contribution in [3.8, 4) is 5.75 Å². The van der Waals surface area contributed by atoms with Gasteiger partial charge in [0.2, 0.25) is 0 Å². The van der Waals surface area contributed by atoms with Gasteiger partial charge >= 0.3 is 0 Å². The molecular formula is C16H28IN3O. The number of nitrogens with one attached hydrogen (secondary N) is 2. The summed E-state index contributed by atoms with van der Waals surface area (Å²) in [5.41, 5.74) is 1.00. The van der Waals surface area contributed by atoms with Crippen LogP contribution in [0, 0.1) is 5.92 Å². The number of benzene rings is 1. The minimum Gasteiger partial charge on any atom is -0.508 e. The number of aromatic hydroxyl groups is 1. The van der Waals surface area contributed by atoms with Gasteiger partial charge in [0.15, 0.2) is 5.96 Å². The molecular weight excluding hydrogens is 377 g/mol. The zero-order valence-corrected chi connectivity index (χ0v) is 15.6. The molecule has 0 saturated heterocycles. The Hall–Kier alpha value is -0.980. The van der Waals surface area contributed by atoms with Gasteiger partial charge < -0.3 is 15.7 Å². The number of hydrogen-bond acceptors (Lipinski definition) is 2. The van der Waals surface area contributed by atoms with Crippen LogP contribution in [0.5, 0.6) is 5.75 Å². The second kappa shape index (κ2) is 11.7. The molecule has 120 valence electrons. The van der Waals surface area contributed by atoms with Gasteiger partial charge in [-0.2, -0.15) is 0 Å². The maximum absolute atomic E-state index is 9.43. The van der Waals surface area contributed by atoms with E-state index in [0.717, 1.165) is 37.0 Å². The lowest BCUT2D eigenvalue weighted by Gasteiger charge is -2.12. The number of nitrogens with zero attached hydrogens (tertiary/aromatic N) is 1. The highest BCUT2D eigenvalue weighted by atomic mass is 127. The van der Waals surface area contributed by atoms with Crippen molar-refractivity contribution in [3.63, 3.8) is 0 Å². The van der Waals surface area contributed by atoms with Crippen molar-refractivity contribution >= 4 is 29.9 Å². The van der Waals surface area contributed by atoms with Gasteiger partial charge in [-0.1, -0.05) is 26.0 Å². The van der Waals surface area contributed by atoms with Gasteiger partial charge in [0.25, 0.3) is 0 Å². The maximum Gasteiger partial charge on any atom is 0.191 e. The van der Waals surface area contributed by atoms with E-state index in [4.69, 9.17) is 0 Å². The van der Waals surface area contributed by atoms with Gasteiger partial charge in [-0.25, -0.2) is 4.99 Å². The molecule has 1 aromatic carbocycles. The number of phenols is 1. The Morgan fingerprint density at radius 1 is 1.29 bits per heavy atom. The molecule has 0 aliphatic heterocycles. The Bertz CT molecular complexity index is 422. The first kappa shape index (κ1) is 20.0. The highest BCUT2D eigenvalue weighted by Gasteiger charge is 1.99. The van der Waals surface area contributed by atoms with Gasteiger partial charge in [-0.3, -0.25) is 0 Å². The SMILES string of the molecule is CCNC(=NCc1cccc(O)c1)NCCCC(C)C.I. The first-order chi connectivity index (χ1) is 9.61. The molecule has 0 aromatic heterocycles. The lowest BCUT2D eigenvalue weighted by atomic mass is 10.1. The van der Waals surface area contributed by atoms with Crippen LogP contribution in [0.25, 0.3) is 0 Å². The number of rotatable bonds is 7. The van der Waals surface area contributed by atoms with E-state index < -0.39 is 0 Å². The van der Waals surface area contributed by atoms with Crippen LogP contribution in [0.1, 0.15) is 39.2 Å². The van der Waals surface area contributed by atoms with Crippen LogP contribution in [0.3, 0.4) is 0 Å². The van der Waals surface area contributed by atoms with Crippen molar-refractivity contribution in [2.75, 3.05) is 13.1 Å². The van der Waals surface area contributed by atoms with Gasteiger partial charge in [-0.15, -0.1) is 24.0 Å². The molecule has 0 amide bonds. The summed E-state index contributed by atoms with van der Waals surface area (Å²) < 4.78 is 0. The third-order valence-corrected chi connectivity index (χ3v) is 2.93.